The summed E-state index contributed by atoms with van der Waals surface area (Å²) >= 11 is 0. The molecule has 1 aliphatic carbocycles. The van der Waals surface area contributed by atoms with Crippen molar-refractivity contribution >= 4 is 11.0 Å². The molecule has 2 N–H and O–H groups in total. The summed E-state index contributed by atoms with van der Waals surface area (Å²) < 4.78 is 0. The second kappa shape index (κ2) is 2.48. The normalized spacial score (nSPS) is 18.4. The summed E-state index contributed by atoms with van der Waals surface area (Å²) in [5, 5.41) is 0.959. The van der Waals surface area contributed by atoms with E-state index >= 15 is 0 Å². The van der Waals surface area contributed by atoms with E-state index in [1.807, 2.05) is 12.1 Å². The Morgan fingerprint density at radius 1 is 1.29 bits per heavy atom. The van der Waals surface area contributed by atoms with Gasteiger partial charge in [-0.15, -0.1) is 0 Å². The molecule has 0 unspecified atom stereocenters. The third kappa shape index (κ3) is 1.08. The largest absolute Gasteiger partial charge is 0.319 e. The maximum atomic E-state index is 6.01. The minimum Gasteiger partial charge on any atom is -0.319 e. The topological polar surface area (TPSA) is 64.7 Å². The van der Waals surface area contributed by atoms with Crippen molar-refractivity contribution in [3.63, 3.8) is 0 Å². The van der Waals surface area contributed by atoms with Crippen molar-refractivity contribution in [1.29, 1.82) is 0 Å². The smallest absolute Gasteiger partial charge is 0.162 e. The molecule has 0 radical (unpaired) electrons. The minimum absolute atomic E-state index is 0.272. The Morgan fingerprint density at radius 2 is 2.14 bits per heavy atom. The average molecular weight is 186 g/mol. The summed E-state index contributed by atoms with van der Waals surface area (Å²) in [5.41, 5.74) is 6.46. The van der Waals surface area contributed by atoms with Gasteiger partial charge in [-0.2, -0.15) is 0 Å². The first kappa shape index (κ1) is 7.82. The molecule has 2 heterocycles. The standard InChI is InChI=1S/C10H10N4/c11-10(3-4-10)9-13-6-7-2-1-5-12-8(7)14-9/h1-2,5-6H,3-4,11H2. The molecular weight excluding hydrogens is 176 g/mol. The molecule has 0 saturated heterocycles. The highest BCUT2D eigenvalue weighted by Crippen LogP contribution is 2.40. The zero-order valence-electron chi connectivity index (χ0n) is 7.64. The summed E-state index contributed by atoms with van der Waals surface area (Å²) in [7, 11) is 0. The highest BCUT2D eigenvalue weighted by atomic mass is 15.0. The maximum absolute atomic E-state index is 6.01. The fraction of sp³-hybridized carbons (Fsp3) is 0.300. The zero-order chi connectivity index (χ0) is 9.60. The molecule has 3 rings (SSSR count). The molecule has 0 aliphatic heterocycles. The number of fused-ring (bicyclic) bond motifs is 1. The first-order chi connectivity index (χ1) is 6.78. The number of rotatable bonds is 1. The number of nitrogens with two attached hydrogens (primary N) is 1. The third-order valence-corrected chi connectivity index (χ3v) is 2.59. The third-order valence-electron chi connectivity index (χ3n) is 2.59. The minimum atomic E-state index is -0.272. The Hall–Kier alpha value is -1.55. The number of hydrogen-bond donors (Lipinski definition) is 1. The molecule has 1 saturated carbocycles. The first-order valence-electron chi connectivity index (χ1n) is 4.65. The predicted molar refractivity (Wildman–Crippen MR) is 52.4 cm³/mol. The van der Waals surface area contributed by atoms with Gasteiger partial charge in [0, 0.05) is 17.8 Å². The quantitative estimate of drug-likeness (QED) is 0.720. The number of pyridine rings is 1. The van der Waals surface area contributed by atoms with Crippen molar-refractivity contribution in [2.24, 2.45) is 5.73 Å². The van der Waals surface area contributed by atoms with Gasteiger partial charge in [0.2, 0.25) is 0 Å². The lowest BCUT2D eigenvalue weighted by Crippen LogP contribution is -2.22. The highest BCUT2D eigenvalue weighted by molar-refractivity contribution is 5.72. The maximum Gasteiger partial charge on any atom is 0.162 e. The zero-order valence-corrected chi connectivity index (χ0v) is 7.64. The molecule has 0 amide bonds. The molecule has 0 aromatic carbocycles. The van der Waals surface area contributed by atoms with Gasteiger partial charge in [0.1, 0.15) is 0 Å². The van der Waals surface area contributed by atoms with Gasteiger partial charge < -0.3 is 5.73 Å². The van der Waals surface area contributed by atoms with Gasteiger partial charge in [-0.05, 0) is 25.0 Å². The molecule has 4 heteroatoms. The molecule has 2 aromatic rings. The fourth-order valence-corrected chi connectivity index (χ4v) is 1.46. The Balaban J connectivity index is 2.20. The van der Waals surface area contributed by atoms with Crippen LogP contribution in [0.1, 0.15) is 18.7 Å². The van der Waals surface area contributed by atoms with Gasteiger partial charge in [0.25, 0.3) is 0 Å². The van der Waals surface area contributed by atoms with Crippen molar-refractivity contribution in [2.75, 3.05) is 0 Å². The van der Waals surface area contributed by atoms with Crippen molar-refractivity contribution in [3.05, 3.63) is 30.4 Å². The van der Waals surface area contributed by atoms with Gasteiger partial charge >= 0.3 is 0 Å². The summed E-state index contributed by atoms with van der Waals surface area (Å²) in [6, 6.07) is 3.82. The highest BCUT2D eigenvalue weighted by Gasteiger charge is 2.43. The summed E-state index contributed by atoms with van der Waals surface area (Å²) in [6.45, 7) is 0. The molecule has 1 fully saturated rings. The fourth-order valence-electron chi connectivity index (χ4n) is 1.46. The van der Waals surface area contributed by atoms with Crippen molar-refractivity contribution < 1.29 is 0 Å². The molecule has 1 aliphatic rings. The molecule has 4 nitrogen and oxygen atoms in total. The van der Waals surface area contributed by atoms with E-state index in [1.165, 1.54) is 0 Å². The van der Waals surface area contributed by atoms with Crippen LogP contribution in [0.4, 0.5) is 0 Å². The van der Waals surface area contributed by atoms with Crippen molar-refractivity contribution in [3.8, 4) is 0 Å². The summed E-state index contributed by atoms with van der Waals surface area (Å²) in [4.78, 5) is 12.8. The van der Waals surface area contributed by atoms with Crippen LogP contribution in [0.15, 0.2) is 24.5 Å². The number of nitrogens with zero attached hydrogens (tertiary/aromatic N) is 3. The van der Waals surface area contributed by atoms with Crippen LogP contribution in [0.25, 0.3) is 11.0 Å². The van der Waals surface area contributed by atoms with Crippen LogP contribution in [-0.2, 0) is 5.54 Å². The van der Waals surface area contributed by atoms with Crippen molar-refractivity contribution in [1.82, 2.24) is 15.0 Å². The lowest BCUT2D eigenvalue weighted by molar-refractivity contribution is 0.676. The monoisotopic (exact) mass is 186 g/mol. The average Bonchev–Trinajstić information content (AvgIpc) is 2.97. The van der Waals surface area contributed by atoms with E-state index in [9.17, 15) is 0 Å². The van der Waals surface area contributed by atoms with E-state index in [1.54, 1.807) is 12.4 Å². The van der Waals surface area contributed by atoms with Crippen LogP contribution < -0.4 is 5.73 Å². The van der Waals surface area contributed by atoms with Gasteiger partial charge in [-0.3, -0.25) is 0 Å². The Kier molecular flexibility index (Phi) is 1.39. The lowest BCUT2D eigenvalue weighted by atomic mass is 10.2. The number of aromatic nitrogens is 3. The van der Waals surface area contributed by atoms with Gasteiger partial charge in [-0.1, -0.05) is 0 Å². The van der Waals surface area contributed by atoms with Gasteiger partial charge in [0.05, 0.1) is 5.54 Å². The number of hydrogen-bond acceptors (Lipinski definition) is 4. The first-order valence-corrected chi connectivity index (χ1v) is 4.65. The molecular formula is C10H10N4. The van der Waals surface area contributed by atoms with E-state index in [4.69, 9.17) is 5.73 Å². The van der Waals surface area contributed by atoms with Crippen LogP contribution in [0, 0.1) is 0 Å². The van der Waals surface area contributed by atoms with E-state index in [2.05, 4.69) is 15.0 Å². The molecule has 0 bridgehead atoms. The summed E-state index contributed by atoms with van der Waals surface area (Å²) in [5.74, 6) is 0.726. The van der Waals surface area contributed by atoms with Gasteiger partial charge in [0.15, 0.2) is 11.5 Å². The van der Waals surface area contributed by atoms with Crippen LogP contribution in [0.3, 0.4) is 0 Å². The van der Waals surface area contributed by atoms with E-state index in [-0.39, 0.29) is 5.54 Å². The Bertz CT molecular complexity index is 490. The predicted octanol–water partition coefficient (Wildman–Crippen LogP) is 0.973. The molecule has 14 heavy (non-hydrogen) atoms. The van der Waals surface area contributed by atoms with Gasteiger partial charge in [-0.25, -0.2) is 15.0 Å². The van der Waals surface area contributed by atoms with Crippen LogP contribution >= 0.6 is 0 Å². The van der Waals surface area contributed by atoms with E-state index in [0.717, 1.165) is 29.7 Å². The second-order valence-corrected chi connectivity index (χ2v) is 3.77. The molecule has 2 aromatic heterocycles. The van der Waals surface area contributed by atoms with Crippen LogP contribution in [-0.4, -0.2) is 15.0 Å². The summed E-state index contributed by atoms with van der Waals surface area (Å²) in [6.07, 6.45) is 5.48. The Morgan fingerprint density at radius 3 is 2.93 bits per heavy atom. The Labute approximate surface area is 81.2 Å². The van der Waals surface area contributed by atoms with E-state index in [0.29, 0.717) is 0 Å². The lowest BCUT2D eigenvalue weighted by Gasteiger charge is -2.06. The molecule has 0 spiro atoms. The van der Waals surface area contributed by atoms with Crippen LogP contribution in [0.5, 0.6) is 0 Å². The van der Waals surface area contributed by atoms with E-state index < -0.39 is 0 Å². The second-order valence-electron chi connectivity index (χ2n) is 3.77. The molecule has 70 valence electrons. The van der Waals surface area contributed by atoms with Crippen molar-refractivity contribution in [2.45, 2.75) is 18.4 Å². The SMILES string of the molecule is NC1(c2ncc3cccnc3n2)CC1. The molecule has 0 atom stereocenters. The van der Waals surface area contributed by atoms with Crippen LogP contribution in [0.2, 0.25) is 0 Å².